The number of aliphatic hydroxyl groups excluding tert-OH is 1. The molecule has 5 nitrogen and oxygen atoms in total. The molecule has 2 aromatic rings. The first-order chi connectivity index (χ1) is 11.3. The van der Waals surface area contributed by atoms with Crippen LogP contribution in [-0.4, -0.2) is 23.3 Å². The van der Waals surface area contributed by atoms with Crippen molar-refractivity contribution in [1.29, 1.82) is 0 Å². The summed E-state index contributed by atoms with van der Waals surface area (Å²) in [4.78, 5) is 24.7. The van der Waals surface area contributed by atoms with Gasteiger partial charge in [-0.25, -0.2) is 0 Å². The van der Waals surface area contributed by atoms with Gasteiger partial charge in [0.2, 0.25) is 0 Å². The van der Waals surface area contributed by atoms with Gasteiger partial charge < -0.3 is 14.8 Å². The highest BCUT2D eigenvalue weighted by Crippen LogP contribution is 2.38. The standard InChI is InChI=1S/C18H21NO4S/c1-10-15-12(20)6-18(2,3)7-14(15)23-16(10)17(22)19-8-13(21)11-4-5-24-9-11/h4-5,9,13,21H,6-8H2,1-3H3,(H,19,22). The average Bonchev–Trinajstić information content (AvgIpc) is 3.11. The smallest absolute Gasteiger partial charge is 0.287 e. The summed E-state index contributed by atoms with van der Waals surface area (Å²) in [5, 5.41) is 16.5. The number of carbonyl (C=O) groups is 2. The van der Waals surface area contributed by atoms with Crippen molar-refractivity contribution in [2.45, 2.75) is 39.7 Å². The molecule has 6 heteroatoms. The van der Waals surface area contributed by atoms with Gasteiger partial charge in [-0.1, -0.05) is 13.8 Å². The molecule has 2 N–H and O–H groups in total. The highest BCUT2D eigenvalue weighted by atomic mass is 32.1. The first kappa shape index (κ1) is 16.9. The Bertz CT molecular complexity index is 773. The van der Waals surface area contributed by atoms with Crippen LogP contribution in [0.1, 0.15) is 64.2 Å². The van der Waals surface area contributed by atoms with E-state index in [0.717, 1.165) is 5.56 Å². The van der Waals surface area contributed by atoms with Crippen LogP contribution in [0, 0.1) is 12.3 Å². The van der Waals surface area contributed by atoms with Crippen molar-refractivity contribution < 1.29 is 19.1 Å². The summed E-state index contributed by atoms with van der Waals surface area (Å²) in [5.74, 6) is 0.391. The lowest BCUT2D eigenvalue weighted by Gasteiger charge is -2.27. The summed E-state index contributed by atoms with van der Waals surface area (Å²) < 4.78 is 5.72. The number of hydrogen-bond donors (Lipinski definition) is 2. The lowest BCUT2D eigenvalue weighted by Crippen LogP contribution is -2.28. The van der Waals surface area contributed by atoms with Crippen molar-refractivity contribution in [1.82, 2.24) is 5.32 Å². The van der Waals surface area contributed by atoms with E-state index in [4.69, 9.17) is 4.42 Å². The van der Waals surface area contributed by atoms with Crippen molar-refractivity contribution in [2.24, 2.45) is 5.41 Å². The first-order valence-corrected chi connectivity index (χ1v) is 8.86. The minimum absolute atomic E-state index is 0.0276. The minimum Gasteiger partial charge on any atom is -0.455 e. The van der Waals surface area contributed by atoms with Crippen LogP contribution in [0.4, 0.5) is 0 Å². The second kappa shape index (κ2) is 6.18. The molecular formula is C18H21NO4S. The van der Waals surface area contributed by atoms with E-state index >= 15 is 0 Å². The topological polar surface area (TPSA) is 79.5 Å². The largest absolute Gasteiger partial charge is 0.455 e. The fourth-order valence-electron chi connectivity index (χ4n) is 3.15. The van der Waals surface area contributed by atoms with E-state index in [9.17, 15) is 14.7 Å². The van der Waals surface area contributed by atoms with Crippen LogP contribution in [0.25, 0.3) is 0 Å². The summed E-state index contributed by atoms with van der Waals surface area (Å²) in [6.07, 6.45) is 0.337. The fourth-order valence-corrected chi connectivity index (χ4v) is 3.86. The summed E-state index contributed by atoms with van der Waals surface area (Å²) in [5.41, 5.74) is 1.76. The van der Waals surface area contributed by atoms with Gasteiger partial charge in [0.25, 0.3) is 5.91 Å². The third-order valence-electron chi connectivity index (χ3n) is 4.37. The van der Waals surface area contributed by atoms with Crippen LogP contribution in [0.15, 0.2) is 21.2 Å². The summed E-state index contributed by atoms with van der Waals surface area (Å²) >= 11 is 1.49. The fraction of sp³-hybridized carbons (Fsp3) is 0.444. The minimum atomic E-state index is -0.759. The quantitative estimate of drug-likeness (QED) is 0.890. The monoisotopic (exact) mass is 347 g/mol. The van der Waals surface area contributed by atoms with Gasteiger partial charge in [-0.15, -0.1) is 0 Å². The van der Waals surface area contributed by atoms with Crippen LogP contribution < -0.4 is 5.32 Å². The zero-order valence-electron chi connectivity index (χ0n) is 14.0. The summed E-state index contributed by atoms with van der Waals surface area (Å²) in [6, 6.07) is 1.82. The Hall–Kier alpha value is -1.92. The van der Waals surface area contributed by atoms with Gasteiger partial charge in [0.05, 0.1) is 11.7 Å². The number of amides is 1. The second-order valence-corrected chi connectivity index (χ2v) is 7.86. The molecule has 0 fully saturated rings. The number of aliphatic hydroxyl groups is 1. The number of rotatable bonds is 4. The number of nitrogens with one attached hydrogen (secondary N) is 1. The average molecular weight is 347 g/mol. The Morgan fingerprint density at radius 1 is 1.46 bits per heavy atom. The maximum atomic E-state index is 12.4. The molecule has 0 saturated heterocycles. The molecule has 0 radical (unpaired) electrons. The number of thiophene rings is 1. The van der Waals surface area contributed by atoms with Crippen molar-refractivity contribution in [3.8, 4) is 0 Å². The molecule has 0 aromatic carbocycles. The van der Waals surface area contributed by atoms with Gasteiger partial charge in [-0.3, -0.25) is 9.59 Å². The van der Waals surface area contributed by atoms with Gasteiger partial charge in [0.1, 0.15) is 5.76 Å². The molecule has 1 amide bonds. The van der Waals surface area contributed by atoms with Crippen LogP contribution in [0.3, 0.4) is 0 Å². The van der Waals surface area contributed by atoms with Crippen LogP contribution >= 0.6 is 11.3 Å². The van der Waals surface area contributed by atoms with E-state index in [0.29, 0.717) is 29.7 Å². The molecule has 1 unspecified atom stereocenters. The lowest BCUT2D eigenvalue weighted by molar-refractivity contribution is 0.0872. The normalized spacial score (nSPS) is 17.4. The van der Waals surface area contributed by atoms with Crippen molar-refractivity contribution in [3.63, 3.8) is 0 Å². The Morgan fingerprint density at radius 2 is 2.21 bits per heavy atom. The Labute approximate surface area is 144 Å². The molecule has 24 heavy (non-hydrogen) atoms. The molecule has 1 aliphatic rings. The van der Waals surface area contributed by atoms with E-state index in [1.54, 1.807) is 6.92 Å². The van der Waals surface area contributed by atoms with E-state index in [2.05, 4.69) is 5.32 Å². The Morgan fingerprint density at radius 3 is 2.88 bits per heavy atom. The molecule has 0 aliphatic heterocycles. The number of fused-ring (bicyclic) bond motifs is 1. The zero-order valence-corrected chi connectivity index (χ0v) is 14.8. The van der Waals surface area contributed by atoms with Gasteiger partial charge in [0.15, 0.2) is 11.5 Å². The van der Waals surface area contributed by atoms with Crippen molar-refractivity contribution >= 4 is 23.0 Å². The summed E-state index contributed by atoms with van der Waals surface area (Å²) in [6.45, 7) is 5.87. The van der Waals surface area contributed by atoms with Crippen molar-refractivity contribution in [2.75, 3.05) is 6.54 Å². The van der Waals surface area contributed by atoms with E-state index < -0.39 is 12.0 Å². The maximum absolute atomic E-state index is 12.4. The molecule has 2 heterocycles. The number of ketones is 1. The summed E-state index contributed by atoms with van der Waals surface area (Å²) in [7, 11) is 0. The Kier molecular flexibility index (Phi) is 4.36. The third-order valence-corrected chi connectivity index (χ3v) is 5.07. The van der Waals surface area contributed by atoms with E-state index in [1.807, 2.05) is 30.7 Å². The van der Waals surface area contributed by atoms with Gasteiger partial charge in [-0.2, -0.15) is 11.3 Å². The highest BCUT2D eigenvalue weighted by molar-refractivity contribution is 7.07. The molecular weight excluding hydrogens is 326 g/mol. The molecule has 128 valence electrons. The SMILES string of the molecule is Cc1c(C(=O)NCC(O)c2ccsc2)oc2c1C(=O)CC(C)(C)C2. The molecule has 1 aliphatic carbocycles. The molecule has 1 atom stereocenters. The number of furan rings is 1. The van der Waals surface area contributed by atoms with Gasteiger partial charge >= 0.3 is 0 Å². The second-order valence-electron chi connectivity index (χ2n) is 7.08. The van der Waals surface area contributed by atoms with E-state index in [1.165, 1.54) is 11.3 Å². The number of hydrogen-bond acceptors (Lipinski definition) is 5. The predicted molar refractivity (Wildman–Crippen MR) is 91.5 cm³/mol. The van der Waals surface area contributed by atoms with Crippen LogP contribution in [-0.2, 0) is 6.42 Å². The number of Topliss-reactive ketones (excluding diaryl/α,β-unsaturated/α-hetero) is 1. The number of carbonyl (C=O) groups excluding carboxylic acids is 2. The Balaban J connectivity index is 1.76. The molecule has 0 bridgehead atoms. The first-order valence-electron chi connectivity index (χ1n) is 7.92. The third kappa shape index (κ3) is 3.16. The van der Waals surface area contributed by atoms with Gasteiger partial charge in [0, 0.05) is 24.9 Å². The maximum Gasteiger partial charge on any atom is 0.287 e. The highest BCUT2D eigenvalue weighted by Gasteiger charge is 2.37. The molecule has 3 rings (SSSR count). The molecule has 0 saturated carbocycles. The lowest BCUT2D eigenvalue weighted by atomic mass is 9.76. The van der Waals surface area contributed by atoms with E-state index in [-0.39, 0.29) is 23.5 Å². The van der Waals surface area contributed by atoms with Gasteiger partial charge in [-0.05, 0) is 34.7 Å². The molecule has 0 spiro atoms. The molecule has 2 aromatic heterocycles. The van der Waals surface area contributed by atoms with Crippen molar-refractivity contribution in [3.05, 3.63) is 45.0 Å². The van der Waals surface area contributed by atoms with Crippen LogP contribution in [0.2, 0.25) is 0 Å². The van der Waals surface area contributed by atoms with Crippen LogP contribution in [0.5, 0.6) is 0 Å². The predicted octanol–water partition coefficient (Wildman–Crippen LogP) is 3.27. The zero-order chi connectivity index (χ0) is 17.5.